The van der Waals surface area contributed by atoms with Crippen molar-refractivity contribution in [2.45, 2.75) is 42.9 Å². The van der Waals surface area contributed by atoms with Crippen LogP contribution in [-0.4, -0.2) is 49.9 Å². The van der Waals surface area contributed by atoms with Gasteiger partial charge in [0, 0.05) is 24.0 Å². The first kappa shape index (κ1) is 32.2. The molecular formula is C38H38N4O4S2. The van der Waals surface area contributed by atoms with Crippen LogP contribution in [0.25, 0.3) is 11.3 Å². The van der Waals surface area contributed by atoms with Crippen LogP contribution >= 0.6 is 11.3 Å². The maximum absolute atomic E-state index is 13.1. The topological polar surface area (TPSA) is 85.5 Å². The van der Waals surface area contributed by atoms with Gasteiger partial charge >= 0.3 is 0 Å². The quantitative estimate of drug-likeness (QED) is 0.147. The van der Waals surface area contributed by atoms with E-state index in [1.807, 2.05) is 65.5 Å². The van der Waals surface area contributed by atoms with E-state index < -0.39 is 10.0 Å². The molecule has 0 amide bonds. The average molecular weight is 679 g/mol. The lowest BCUT2D eigenvalue weighted by atomic mass is 9.84. The van der Waals surface area contributed by atoms with Crippen LogP contribution in [0.4, 0.5) is 5.69 Å². The predicted octanol–water partition coefficient (Wildman–Crippen LogP) is 8.19. The summed E-state index contributed by atoms with van der Waals surface area (Å²) < 4.78 is 40.9. The van der Waals surface area contributed by atoms with E-state index in [-0.39, 0.29) is 4.90 Å². The normalized spacial score (nSPS) is 16.8. The van der Waals surface area contributed by atoms with Gasteiger partial charge in [-0.05, 0) is 90.6 Å². The van der Waals surface area contributed by atoms with Crippen LogP contribution in [0.15, 0.2) is 123 Å². The number of hydrogen-bond donors (Lipinski definition) is 0. The molecule has 1 saturated carbocycles. The molecule has 0 unspecified atom stereocenters. The monoisotopic (exact) mass is 678 g/mol. The molecule has 0 bridgehead atoms. The zero-order valence-corrected chi connectivity index (χ0v) is 28.3. The molecule has 2 aliphatic rings. The summed E-state index contributed by atoms with van der Waals surface area (Å²) in [4.78, 5) is 5.83. The number of sulfonamides is 1. The lowest BCUT2D eigenvalue weighted by Crippen LogP contribution is -2.40. The van der Waals surface area contributed by atoms with E-state index in [1.165, 1.54) is 53.3 Å². The van der Waals surface area contributed by atoms with Gasteiger partial charge < -0.3 is 9.47 Å². The van der Waals surface area contributed by atoms with E-state index in [2.05, 4.69) is 29.6 Å². The fourth-order valence-corrected chi connectivity index (χ4v) is 8.42. The molecule has 246 valence electrons. The number of thiazole rings is 1. The number of rotatable bonds is 9. The Morgan fingerprint density at radius 1 is 0.792 bits per heavy atom. The molecular weight excluding hydrogens is 641 g/mol. The Bertz CT molecular complexity index is 2010. The molecule has 8 nitrogen and oxygen atoms in total. The zero-order chi connectivity index (χ0) is 32.8. The van der Waals surface area contributed by atoms with Gasteiger partial charge in [0.2, 0.25) is 14.8 Å². The van der Waals surface area contributed by atoms with Crippen LogP contribution in [0.3, 0.4) is 0 Å². The molecule has 0 spiro atoms. The summed E-state index contributed by atoms with van der Waals surface area (Å²) in [5.74, 6) is 2.16. The summed E-state index contributed by atoms with van der Waals surface area (Å²) >= 11 is 1.49. The number of ether oxygens (including phenoxy) is 2. The number of nitrogens with zero attached hydrogens (tertiary/aromatic N) is 4. The molecule has 0 atom stereocenters. The molecule has 5 aromatic rings. The van der Waals surface area contributed by atoms with E-state index in [0.717, 1.165) is 28.3 Å². The molecule has 2 heterocycles. The predicted molar refractivity (Wildman–Crippen MR) is 191 cm³/mol. The standard InChI is InChI=1S/C38H38N4O4S2/c43-48(44,41-23-25-45-26-24-41)36-21-17-33(18-22-36)40-38-42(39-27-29-11-19-35(20-12-29)46-34-9-5-2-6-10-34)37(28-47-38)32-15-13-31(14-16-32)30-7-3-1-4-8-30/h2,5-6,9-22,27-28,30H,1,3-4,7-8,23-26H2. The van der Waals surface area contributed by atoms with Crippen molar-refractivity contribution in [1.82, 2.24) is 8.98 Å². The second-order valence-corrected chi connectivity index (χ2v) is 14.8. The average Bonchev–Trinajstić information content (AvgIpc) is 3.54. The van der Waals surface area contributed by atoms with Crippen molar-refractivity contribution in [1.29, 1.82) is 0 Å². The van der Waals surface area contributed by atoms with Crippen molar-refractivity contribution in [2.24, 2.45) is 10.1 Å². The highest BCUT2D eigenvalue weighted by Crippen LogP contribution is 2.34. The van der Waals surface area contributed by atoms with Crippen molar-refractivity contribution in [2.75, 3.05) is 26.3 Å². The van der Waals surface area contributed by atoms with Crippen LogP contribution in [0.1, 0.15) is 49.1 Å². The Morgan fingerprint density at radius 2 is 1.48 bits per heavy atom. The highest BCUT2D eigenvalue weighted by molar-refractivity contribution is 7.89. The Morgan fingerprint density at radius 3 is 2.19 bits per heavy atom. The number of hydrogen-bond acceptors (Lipinski definition) is 7. The largest absolute Gasteiger partial charge is 0.457 e. The van der Waals surface area contributed by atoms with Crippen molar-refractivity contribution in [3.63, 3.8) is 0 Å². The highest BCUT2D eigenvalue weighted by Gasteiger charge is 2.26. The van der Waals surface area contributed by atoms with E-state index in [1.54, 1.807) is 24.3 Å². The molecule has 1 aromatic heterocycles. The molecule has 10 heteroatoms. The molecule has 1 aliphatic carbocycles. The number of morpholine rings is 1. The van der Waals surface area contributed by atoms with Gasteiger partial charge in [0.05, 0.1) is 35.7 Å². The van der Waals surface area contributed by atoms with Crippen molar-refractivity contribution >= 4 is 33.3 Å². The minimum atomic E-state index is -3.59. The minimum absolute atomic E-state index is 0.249. The first-order valence-electron chi connectivity index (χ1n) is 16.4. The molecule has 2 fully saturated rings. The maximum Gasteiger partial charge on any atom is 0.243 e. The van der Waals surface area contributed by atoms with Crippen LogP contribution < -0.4 is 9.54 Å². The van der Waals surface area contributed by atoms with Gasteiger partial charge in [-0.15, -0.1) is 11.3 Å². The smallest absolute Gasteiger partial charge is 0.243 e. The SMILES string of the molecule is O=S(=O)(c1ccc(N=c2scc(-c3ccc(C4CCCCC4)cc3)n2N=Cc2ccc(Oc3ccccc3)cc2)cc1)N1CCOCC1. The van der Waals surface area contributed by atoms with E-state index in [4.69, 9.17) is 19.6 Å². The third-order valence-corrected chi connectivity index (χ3v) is 11.5. The molecule has 1 saturated heterocycles. The van der Waals surface area contributed by atoms with Crippen molar-refractivity contribution in [3.05, 3.63) is 124 Å². The van der Waals surface area contributed by atoms with Gasteiger partial charge in [0.1, 0.15) is 11.5 Å². The Labute approximate surface area is 285 Å². The maximum atomic E-state index is 13.1. The van der Waals surface area contributed by atoms with E-state index in [9.17, 15) is 8.42 Å². The summed E-state index contributed by atoms with van der Waals surface area (Å²) in [6, 6.07) is 33.1. The van der Waals surface area contributed by atoms with Crippen molar-refractivity contribution < 1.29 is 17.9 Å². The Balaban J connectivity index is 1.18. The van der Waals surface area contributed by atoms with E-state index >= 15 is 0 Å². The molecule has 48 heavy (non-hydrogen) atoms. The third kappa shape index (κ3) is 7.52. The van der Waals surface area contributed by atoms with Gasteiger partial charge in [0.15, 0.2) is 0 Å². The van der Waals surface area contributed by atoms with Gasteiger partial charge in [0.25, 0.3) is 0 Å². The van der Waals surface area contributed by atoms with Gasteiger partial charge in [-0.3, -0.25) is 0 Å². The van der Waals surface area contributed by atoms with Gasteiger partial charge in [-0.2, -0.15) is 9.41 Å². The first-order valence-corrected chi connectivity index (χ1v) is 18.8. The summed E-state index contributed by atoms with van der Waals surface area (Å²) in [6.07, 6.45) is 8.27. The molecule has 1 aliphatic heterocycles. The third-order valence-electron chi connectivity index (χ3n) is 8.82. The highest BCUT2D eigenvalue weighted by atomic mass is 32.2. The van der Waals surface area contributed by atoms with Crippen LogP contribution in [0, 0.1) is 0 Å². The number of aromatic nitrogens is 1. The lowest BCUT2D eigenvalue weighted by Gasteiger charge is -2.26. The van der Waals surface area contributed by atoms with E-state index in [0.29, 0.717) is 42.7 Å². The molecule has 4 aromatic carbocycles. The van der Waals surface area contributed by atoms with Gasteiger partial charge in [-0.25, -0.2) is 18.1 Å². The first-order chi connectivity index (χ1) is 23.5. The van der Waals surface area contributed by atoms with Gasteiger partial charge in [-0.1, -0.05) is 61.7 Å². The zero-order valence-electron chi connectivity index (χ0n) is 26.6. The summed E-state index contributed by atoms with van der Waals surface area (Å²) in [5.41, 5.74) is 4.95. The second-order valence-electron chi connectivity index (χ2n) is 12.0. The second kappa shape index (κ2) is 14.8. The Kier molecular flexibility index (Phi) is 9.95. The summed E-state index contributed by atoms with van der Waals surface area (Å²) in [6.45, 7) is 1.52. The molecule has 0 radical (unpaired) electrons. The Hall–Kier alpha value is -4.35. The van der Waals surface area contributed by atoms with Crippen LogP contribution in [-0.2, 0) is 14.8 Å². The minimum Gasteiger partial charge on any atom is -0.457 e. The van der Waals surface area contributed by atoms with Crippen molar-refractivity contribution in [3.8, 4) is 22.8 Å². The fraction of sp³-hybridized carbons (Fsp3) is 0.263. The summed E-state index contributed by atoms with van der Waals surface area (Å²) in [5, 5.41) is 6.98. The summed E-state index contributed by atoms with van der Waals surface area (Å²) in [7, 11) is -3.59. The number of para-hydroxylation sites is 1. The van der Waals surface area contributed by atoms with Crippen LogP contribution in [0.5, 0.6) is 11.5 Å². The lowest BCUT2D eigenvalue weighted by molar-refractivity contribution is 0.0730. The van der Waals surface area contributed by atoms with Crippen LogP contribution in [0.2, 0.25) is 0 Å². The molecule has 0 N–H and O–H groups in total. The fourth-order valence-electron chi connectivity index (χ4n) is 6.16. The number of benzene rings is 4. The molecule has 7 rings (SSSR count).